The van der Waals surface area contributed by atoms with Crippen molar-refractivity contribution >= 4 is 11.9 Å². The first-order valence-electron chi connectivity index (χ1n) is 9.99. The standard InChI is InChI=1S/C22H19F2NO7/c1-29-12-3-4-13-14(10-18(19(26)27)30-16(13)9-12)25-20(28)21(6-7-21)11-2-5-15-17(8-11)32-22(23,24)31-15/h2-5,8-9,14,18H,6-7,10H2,1H3,(H,25,28)(H,26,27). The Kier molecular flexibility index (Phi) is 4.44. The van der Waals surface area contributed by atoms with Gasteiger partial charge in [0.05, 0.1) is 18.6 Å². The lowest BCUT2D eigenvalue weighted by atomic mass is 9.91. The van der Waals surface area contributed by atoms with E-state index in [1.165, 1.54) is 19.2 Å². The Labute approximate surface area is 181 Å². The summed E-state index contributed by atoms with van der Waals surface area (Å²) in [6.45, 7) is 0. The van der Waals surface area contributed by atoms with Crippen LogP contribution < -0.4 is 24.3 Å². The summed E-state index contributed by atoms with van der Waals surface area (Å²) in [5, 5.41) is 12.4. The Bertz CT molecular complexity index is 1120. The van der Waals surface area contributed by atoms with Gasteiger partial charge in [0, 0.05) is 18.1 Å². The molecule has 0 saturated heterocycles. The number of fused-ring (bicyclic) bond motifs is 2. The first-order chi connectivity index (χ1) is 15.2. The van der Waals surface area contributed by atoms with E-state index >= 15 is 0 Å². The molecule has 3 aliphatic rings. The Balaban J connectivity index is 1.41. The maximum atomic E-state index is 13.4. The van der Waals surface area contributed by atoms with E-state index < -0.39 is 29.8 Å². The smallest absolute Gasteiger partial charge is 0.497 e. The first kappa shape index (κ1) is 20.3. The number of hydrogen-bond donors (Lipinski definition) is 2. The predicted molar refractivity (Wildman–Crippen MR) is 104 cm³/mol. The van der Waals surface area contributed by atoms with E-state index in [4.69, 9.17) is 9.47 Å². The summed E-state index contributed by atoms with van der Waals surface area (Å²) < 4.78 is 46.4. The molecule has 5 rings (SSSR count). The van der Waals surface area contributed by atoms with Crippen LogP contribution in [-0.2, 0) is 15.0 Å². The number of carboxylic acids is 1. The van der Waals surface area contributed by atoms with Gasteiger partial charge in [0.2, 0.25) is 5.91 Å². The van der Waals surface area contributed by atoms with Gasteiger partial charge in [0.1, 0.15) is 11.5 Å². The van der Waals surface area contributed by atoms with Crippen LogP contribution >= 0.6 is 0 Å². The molecule has 2 aromatic rings. The van der Waals surface area contributed by atoms with E-state index in [-0.39, 0.29) is 23.8 Å². The molecule has 1 aliphatic carbocycles. The molecule has 1 amide bonds. The lowest BCUT2D eigenvalue weighted by Gasteiger charge is -2.32. The van der Waals surface area contributed by atoms with E-state index in [1.54, 1.807) is 24.3 Å². The third-order valence-electron chi connectivity index (χ3n) is 6.03. The van der Waals surface area contributed by atoms with E-state index in [9.17, 15) is 23.5 Å². The Hall–Kier alpha value is -3.56. The fourth-order valence-electron chi connectivity index (χ4n) is 4.18. The number of aliphatic carboxylic acids is 1. The topological polar surface area (TPSA) is 103 Å². The third-order valence-corrected chi connectivity index (χ3v) is 6.03. The predicted octanol–water partition coefficient (Wildman–Crippen LogP) is 3.14. The van der Waals surface area contributed by atoms with Crippen LogP contribution in [-0.4, -0.2) is 36.5 Å². The van der Waals surface area contributed by atoms with Gasteiger partial charge in [-0.1, -0.05) is 6.07 Å². The number of halogens is 2. The zero-order chi connectivity index (χ0) is 22.7. The molecule has 2 atom stereocenters. The molecule has 0 radical (unpaired) electrons. The van der Waals surface area contributed by atoms with Crippen LogP contribution in [0.25, 0.3) is 0 Å². The van der Waals surface area contributed by atoms with E-state index in [2.05, 4.69) is 14.8 Å². The highest BCUT2D eigenvalue weighted by atomic mass is 19.3. The molecule has 2 N–H and O–H groups in total. The van der Waals surface area contributed by atoms with Crippen molar-refractivity contribution in [3.63, 3.8) is 0 Å². The lowest BCUT2D eigenvalue weighted by Crippen LogP contribution is -2.43. The minimum absolute atomic E-state index is 0.0455. The van der Waals surface area contributed by atoms with Gasteiger partial charge in [-0.2, -0.15) is 0 Å². The molecule has 1 fully saturated rings. The molecule has 0 aromatic heterocycles. The van der Waals surface area contributed by atoms with Crippen LogP contribution in [0, 0.1) is 0 Å². The minimum Gasteiger partial charge on any atom is -0.497 e. The second-order valence-corrected chi connectivity index (χ2v) is 8.02. The van der Waals surface area contributed by atoms with Gasteiger partial charge in [-0.3, -0.25) is 4.79 Å². The molecule has 2 aromatic carbocycles. The fourth-order valence-corrected chi connectivity index (χ4v) is 4.18. The van der Waals surface area contributed by atoms with Crippen molar-refractivity contribution in [2.24, 2.45) is 0 Å². The number of alkyl halides is 2. The van der Waals surface area contributed by atoms with Crippen LogP contribution in [0.1, 0.15) is 36.4 Å². The summed E-state index contributed by atoms with van der Waals surface area (Å²) in [5.74, 6) is -0.858. The zero-order valence-electron chi connectivity index (χ0n) is 16.9. The molecule has 168 valence electrons. The largest absolute Gasteiger partial charge is 0.586 e. The molecule has 2 heterocycles. The summed E-state index contributed by atoms with van der Waals surface area (Å²) in [6.07, 6.45) is -3.78. The summed E-state index contributed by atoms with van der Waals surface area (Å²) in [7, 11) is 1.48. The summed E-state index contributed by atoms with van der Waals surface area (Å²) >= 11 is 0. The molecule has 0 bridgehead atoms. The van der Waals surface area contributed by atoms with Gasteiger partial charge < -0.3 is 29.4 Å². The van der Waals surface area contributed by atoms with Gasteiger partial charge in [-0.05, 0) is 42.7 Å². The van der Waals surface area contributed by atoms with E-state index in [0.717, 1.165) is 0 Å². The van der Waals surface area contributed by atoms with Crippen LogP contribution in [0.5, 0.6) is 23.0 Å². The van der Waals surface area contributed by atoms with Crippen LogP contribution in [0.2, 0.25) is 0 Å². The number of carboxylic acid groups (broad SMARTS) is 1. The molecule has 8 nitrogen and oxygen atoms in total. The number of carbonyl (C=O) groups is 2. The van der Waals surface area contributed by atoms with Crippen molar-refractivity contribution in [2.75, 3.05) is 7.11 Å². The molecule has 10 heteroatoms. The SMILES string of the molecule is COc1ccc2c(c1)OC(C(=O)O)CC2NC(=O)C1(c2ccc3c(c2)OC(F)(F)O3)CC1. The fraction of sp³-hybridized carbons (Fsp3) is 0.364. The number of carbonyl (C=O) groups excluding carboxylic acids is 1. The van der Waals surface area contributed by atoms with Crippen LogP contribution in [0.4, 0.5) is 8.78 Å². The van der Waals surface area contributed by atoms with Crippen molar-refractivity contribution in [1.29, 1.82) is 0 Å². The Morgan fingerprint density at radius 1 is 1.09 bits per heavy atom. The zero-order valence-corrected chi connectivity index (χ0v) is 16.9. The first-order valence-corrected chi connectivity index (χ1v) is 9.99. The number of ether oxygens (including phenoxy) is 4. The molecule has 2 unspecified atom stereocenters. The summed E-state index contributed by atoms with van der Waals surface area (Å²) in [5.41, 5.74) is 0.268. The van der Waals surface area contributed by atoms with Gasteiger partial charge in [-0.15, -0.1) is 8.78 Å². The van der Waals surface area contributed by atoms with Crippen molar-refractivity contribution in [3.05, 3.63) is 47.5 Å². The summed E-state index contributed by atoms with van der Waals surface area (Å²) in [6, 6.07) is 8.72. The third kappa shape index (κ3) is 3.35. The number of methoxy groups -OCH3 is 1. The van der Waals surface area contributed by atoms with Gasteiger partial charge in [-0.25, -0.2) is 4.79 Å². The molecular formula is C22H19F2NO7. The monoisotopic (exact) mass is 447 g/mol. The lowest BCUT2D eigenvalue weighted by molar-refractivity contribution is -0.286. The maximum absolute atomic E-state index is 13.4. The highest BCUT2D eigenvalue weighted by molar-refractivity contribution is 5.92. The molecular weight excluding hydrogens is 428 g/mol. The average molecular weight is 447 g/mol. The number of nitrogens with one attached hydrogen (secondary N) is 1. The summed E-state index contributed by atoms with van der Waals surface area (Å²) in [4.78, 5) is 24.9. The number of amides is 1. The maximum Gasteiger partial charge on any atom is 0.586 e. The van der Waals surface area contributed by atoms with Crippen LogP contribution in [0.3, 0.4) is 0 Å². The molecule has 32 heavy (non-hydrogen) atoms. The molecule has 0 spiro atoms. The van der Waals surface area contributed by atoms with E-state index in [0.29, 0.717) is 35.5 Å². The molecule has 1 saturated carbocycles. The minimum atomic E-state index is -3.74. The second kappa shape index (κ2) is 6.98. The molecule has 2 aliphatic heterocycles. The van der Waals surface area contributed by atoms with Crippen LogP contribution in [0.15, 0.2) is 36.4 Å². The Morgan fingerprint density at radius 2 is 1.84 bits per heavy atom. The van der Waals surface area contributed by atoms with Gasteiger partial charge in [0.25, 0.3) is 0 Å². The highest BCUT2D eigenvalue weighted by Crippen LogP contribution is 2.52. The van der Waals surface area contributed by atoms with E-state index in [1.807, 2.05) is 0 Å². The van der Waals surface area contributed by atoms with Crippen molar-refractivity contribution in [1.82, 2.24) is 5.32 Å². The quantitative estimate of drug-likeness (QED) is 0.726. The van der Waals surface area contributed by atoms with Crippen molar-refractivity contribution < 1.29 is 42.4 Å². The van der Waals surface area contributed by atoms with Crippen molar-refractivity contribution in [3.8, 4) is 23.0 Å². The second-order valence-electron chi connectivity index (χ2n) is 8.02. The van der Waals surface area contributed by atoms with Gasteiger partial charge >= 0.3 is 12.3 Å². The number of rotatable bonds is 5. The highest BCUT2D eigenvalue weighted by Gasteiger charge is 2.53. The van der Waals surface area contributed by atoms with Gasteiger partial charge in [0.15, 0.2) is 17.6 Å². The number of benzene rings is 2. The van der Waals surface area contributed by atoms with Crippen molar-refractivity contribution in [2.45, 2.75) is 43.1 Å². The Morgan fingerprint density at radius 3 is 2.53 bits per heavy atom. The normalized spacial score (nSPS) is 23.5. The number of hydrogen-bond acceptors (Lipinski definition) is 6. The average Bonchev–Trinajstić information content (AvgIpc) is 3.50.